The van der Waals surface area contributed by atoms with Crippen LogP contribution >= 0.6 is 11.6 Å². The number of carbonyl (C=O) groups excluding carboxylic acids is 1. The van der Waals surface area contributed by atoms with E-state index in [-0.39, 0.29) is 5.91 Å². The molecule has 8 heteroatoms. The Morgan fingerprint density at radius 2 is 1.73 bits per heavy atom. The largest absolute Gasteiger partial charge is 0.352 e. The molecular weight excluding hydrogens is 400 g/mol. The van der Waals surface area contributed by atoms with Gasteiger partial charge in [0.25, 0.3) is 0 Å². The van der Waals surface area contributed by atoms with Crippen LogP contribution in [0, 0.1) is 0 Å². The van der Waals surface area contributed by atoms with Gasteiger partial charge < -0.3 is 15.1 Å². The maximum atomic E-state index is 12.5. The number of halogens is 1. The van der Waals surface area contributed by atoms with Gasteiger partial charge in [0.15, 0.2) is 11.6 Å². The molecule has 1 fully saturated rings. The first-order valence-corrected chi connectivity index (χ1v) is 10.0. The van der Waals surface area contributed by atoms with Gasteiger partial charge in [-0.1, -0.05) is 29.8 Å². The van der Waals surface area contributed by atoms with Crippen molar-refractivity contribution in [2.24, 2.45) is 0 Å². The zero-order valence-electron chi connectivity index (χ0n) is 16.3. The Balaban J connectivity index is 1.29. The molecule has 0 bridgehead atoms. The number of benzene rings is 1. The summed E-state index contributed by atoms with van der Waals surface area (Å²) in [5.74, 6) is 2.16. The minimum absolute atomic E-state index is 0.00518. The number of nitrogens with zero attached hydrogens (tertiary/aromatic N) is 5. The Labute approximate surface area is 180 Å². The van der Waals surface area contributed by atoms with Crippen molar-refractivity contribution in [1.82, 2.24) is 20.1 Å². The minimum atomic E-state index is 0.00518. The predicted molar refractivity (Wildman–Crippen MR) is 119 cm³/mol. The summed E-state index contributed by atoms with van der Waals surface area (Å²) in [6.07, 6.45) is 5.14. The fourth-order valence-electron chi connectivity index (χ4n) is 3.13. The van der Waals surface area contributed by atoms with E-state index in [1.54, 1.807) is 12.3 Å². The van der Waals surface area contributed by atoms with Gasteiger partial charge >= 0.3 is 0 Å². The van der Waals surface area contributed by atoms with Crippen molar-refractivity contribution in [3.63, 3.8) is 0 Å². The summed E-state index contributed by atoms with van der Waals surface area (Å²) < 4.78 is 0. The number of nitrogens with one attached hydrogen (secondary N) is 1. The summed E-state index contributed by atoms with van der Waals surface area (Å²) in [5.41, 5.74) is 0.945. The van der Waals surface area contributed by atoms with Crippen LogP contribution in [0.15, 0.2) is 66.9 Å². The zero-order valence-corrected chi connectivity index (χ0v) is 17.0. The zero-order chi connectivity index (χ0) is 20.8. The summed E-state index contributed by atoms with van der Waals surface area (Å²) >= 11 is 5.89. The Kier molecular flexibility index (Phi) is 6.20. The maximum absolute atomic E-state index is 12.5. The Bertz CT molecular complexity index is 1000. The molecule has 30 heavy (non-hydrogen) atoms. The van der Waals surface area contributed by atoms with E-state index in [2.05, 4.69) is 25.4 Å². The monoisotopic (exact) mass is 420 g/mol. The third-order valence-corrected chi connectivity index (χ3v) is 5.03. The lowest BCUT2D eigenvalue weighted by atomic mass is 10.2. The number of anilines is 3. The van der Waals surface area contributed by atoms with Crippen molar-refractivity contribution < 1.29 is 4.79 Å². The fourth-order valence-corrected chi connectivity index (χ4v) is 3.26. The molecule has 1 aliphatic heterocycles. The Morgan fingerprint density at radius 3 is 2.40 bits per heavy atom. The molecule has 1 amide bonds. The molecule has 0 radical (unpaired) electrons. The van der Waals surface area contributed by atoms with Crippen molar-refractivity contribution in [1.29, 1.82) is 0 Å². The maximum Gasteiger partial charge on any atom is 0.246 e. The van der Waals surface area contributed by atoms with Gasteiger partial charge in [-0.05, 0) is 48.0 Å². The molecule has 1 N–H and O–H groups in total. The molecule has 0 atom stereocenters. The number of carbonyl (C=O) groups is 1. The summed E-state index contributed by atoms with van der Waals surface area (Å²) in [6.45, 7) is 2.70. The smallest absolute Gasteiger partial charge is 0.246 e. The average molecular weight is 421 g/mol. The Morgan fingerprint density at radius 1 is 0.933 bits per heavy atom. The van der Waals surface area contributed by atoms with Crippen LogP contribution in [0.2, 0.25) is 5.02 Å². The van der Waals surface area contributed by atoms with E-state index >= 15 is 0 Å². The van der Waals surface area contributed by atoms with Crippen molar-refractivity contribution in [3.05, 3.63) is 77.5 Å². The summed E-state index contributed by atoms with van der Waals surface area (Å²) in [7, 11) is 0. The fraction of sp³-hybridized carbons (Fsp3) is 0.182. The Hall–Kier alpha value is -3.45. The highest BCUT2D eigenvalue weighted by atomic mass is 35.5. The lowest BCUT2D eigenvalue weighted by Gasteiger charge is -2.34. The lowest BCUT2D eigenvalue weighted by molar-refractivity contribution is -0.126. The summed E-state index contributed by atoms with van der Waals surface area (Å²) in [5, 5.41) is 12.3. The van der Waals surface area contributed by atoms with Crippen LogP contribution in [0.1, 0.15) is 5.56 Å². The van der Waals surface area contributed by atoms with E-state index in [0.29, 0.717) is 37.0 Å². The van der Waals surface area contributed by atoms with Gasteiger partial charge in [-0.25, -0.2) is 4.98 Å². The molecule has 1 saturated heterocycles. The third kappa shape index (κ3) is 5.12. The highest BCUT2D eigenvalue weighted by molar-refractivity contribution is 6.30. The van der Waals surface area contributed by atoms with Crippen LogP contribution in [0.3, 0.4) is 0 Å². The van der Waals surface area contributed by atoms with Gasteiger partial charge in [-0.2, -0.15) is 0 Å². The molecule has 0 unspecified atom stereocenters. The van der Waals surface area contributed by atoms with E-state index in [1.165, 1.54) is 0 Å². The van der Waals surface area contributed by atoms with Crippen LogP contribution in [-0.4, -0.2) is 52.2 Å². The van der Waals surface area contributed by atoms with Crippen molar-refractivity contribution >= 4 is 41.0 Å². The molecule has 4 rings (SSSR count). The second kappa shape index (κ2) is 9.37. The second-order valence-electron chi connectivity index (χ2n) is 6.81. The molecular formula is C22H21ClN6O. The van der Waals surface area contributed by atoms with Crippen molar-refractivity contribution in [2.75, 3.05) is 36.4 Å². The summed E-state index contributed by atoms with van der Waals surface area (Å²) in [6, 6.07) is 16.8. The quantitative estimate of drug-likeness (QED) is 0.635. The van der Waals surface area contributed by atoms with Gasteiger partial charge in [0, 0.05) is 43.5 Å². The van der Waals surface area contributed by atoms with E-state index < -0.39 is 0 Å². The molecule has 0 spiro atoms. The lowest BCUT2D eigenvalue weighted by Crippen LogP contribution is -2.48. The number of pyridine rings is 1. The SMILES string of the molecule is O=C(/C=C/c1ccc(Cl)cc1)N1CCN(c2ccc(Nc3ccccn3)nn2)CC1. The minimum Gasteiger partial charge on any atom is -0.352 e. The topological polar surface area (TPSA) is 74.2 Å². The number of hydrogen-bond donors (Lipinski definition) is 1. The highest BCUT2D eigenvalue weighted by Gasteiger charge is 2.20. The van der Waals surface area contributed by atoms with Gasteiger partial charge in [0.1, 0.15) is 5.82 Å². The second-order valence-corrected chi connectivity index (χ2v) is 7.25. The van der Waals surface area contributed by atoms with Crippen LogP contribution in [-0.2, 0) is 4.79 Å². The third-order valence-electron chi connectivity index (χ3n) is 4.78. The number of amides is 1. The van der Waals surface area contributed by atoms with Gasteiger partial charge in [0.05, 0.1) is 0 Å². The van der Waals surface area contributed by atoms with E-state index in [0.717, 1.165) is 17.2 Å². The molecule has 152 valence electrons. The molecule has 1 aliphatic rings. The predicted octanol–water partition coefficient (Wildman–Crippen LogP) is 3.63. The molecule has 0 aliphatic carbocycles. The normalized spacial score (nSPS) is 14.2. The van der Waals surface area contributed by atoms with Gasteiger partial charge in [0.2, 0.25) is 5.91 Å². The number of aromatic nitrogens is 3. The first kappa shape index (κ1) is 19.8. The first-order chi connectivity index (χ1) is 14.7. The standard InChI is InChI=1S/C22H21ClN6O/c23-18-7-4-17(5-8-18)6-11-22(30)29-15-13-28(14-16-29)21-10-9-20(26-27-21)25-19-3-1-2-12-24-19/h1-12H,13-16H2,(H,24,25,26)/b11-6+. The van der Waals surface area contributed by atoms with Gasteiger partial charge in [-0.15, -0.1) is 10.2 Å². The highest BCUT2D eigenvalue weighted by Crippen LogP contribution is 2.17. The number of rotatable bonds is 5. The van der Waals surface area contributed by atoms with Gasteiger partial charge in [-0.3, -0.25) is 4.79 Å². The van der Waals surface area contributed by atoms with Crippen LogP contribution < -0.4 is 10.2 Å². The number of hydrogen-bond acceptors (Lipinski definition) is 6. The van der Waals surface area contributed by atoms with Crippen molar-refractivity contribution in [3.8, 4) is 0 Å². The van der Waals surface area contributed by atoms with Crippen LogP contribution in [0.4, 0.5) is 17.5 Å². The molecule has 2 aromatic heterocycles. The van der Waals surface area contributed by atoms with E-state index in [9.17, 15) is 4.79 Å². The van der Waals surface area contributed by atoms with Crippen LogP contribution in [0.5, 0.6) is 0 Å². The van der Waals surface area contributed by atoms with Crippen LogP contribution in [0.25, 0.3) is 6.08 Å². The first-order valence-electron chi connectivity index (χ1n) is 9.67. The average Bonchev–Trinajstić information content (AvgIpc) is 2.80. The van der Waals surface area contributed by atoms with E-state index in [1.807, 2.05) is 65.6 Å². The van der Waals surface area contributed by atoms with Crippen molar-refractivity contribution in [2.45, 2.75) is 0 Å². The molecule has 3 aromatic rings. The summed E-state index contributed by atoms with van der Waals surface area (Å²) in [4.78, 5) is 20.6. The van der Waals surface area contributed by atoms with E-state index in [4.69, 9.17) is 11.6 Å². The molecule has 1 aromatic carbocycles. The molecule has 7 nitrogen and oxygen atoms in total. The molecule has 0 saturated carbocycles. The molecule has 3 heterocycles. The number of piperazine rings is 1.